The first kappa shape index (κ1) is 13.3. The van der Waals surface area contributed by atoms with Crippen LogP contribution in [0.2, 0.25) is 0 Å². The van der Waals surface area contributed by atoms with Crippen molar-refractivity contribution in [2.45, 2.75) is 26.4 Å². The first-order chi connectivity index (χ1) is 9.06. The van der Waals surface area contributed by atoms with Gasteiger partial charge in [-0.1, -0.05) is 17.7 Å². The lowest BCUT2D eigenvalue weighted by atomic mass is 10.1. The zero-order valence-corrected chi connectivity index (χ0v) is 11.0. The van der Waals surface area contributed by atoms with Crippen molar-refractivity contribution in [1.82, 2.24) is 10.3 Å². The summed E-state index contributed by atoms with van der Waals surface area (Å²) < 4.78 is 5.39. The van der Waals surface area contributed by atoms with Gasteiger partial charge in [0.25, 0.3) is 0 Å². The van der Waals surface area contributed by atoms with Crippen LogP contribution >= 0.6 is 0 Å². The van der Waals surface area contributed by atoms with E-state index in [4.69, 9.17) is 10.2 Å². The van der Waals surface area contributed by atoms with Crippen LogP contribution in [0.25, 0.3) is 11.5 Å². The van der Waals surface area contributed by atoms with Crippen molar-refractivity contribution in [3.8, 4) is 11.5 Å². The molecule has 0 aliphatic heterocycles. The van der Waals surface area contributed by atoms with E-state index in [-0.39, 0.29) is 5.91 Å². The summed E-state index contributed by atoms with van der Waals surface area (Å²) in [5.74, 6) is 0.338. The average molecular weight is 259 g/mol. The number of hydrogen-bond acceptors (Lipinski definition) is 4. The normalized spacial score (nSPS) is 12.2. The summed E-state index contributed by atoms with van der Waals surface area (Å²) >= 11 is 0. The third kappa shape index (κ3) is 3.42. The highest BCUT2D eigenvalue weighted by molar-refractivity contribution is 5.80. The number of carbonyl (C=O) groups is 1. The van der Waals surface area contributed by atoms with Crippen molar-refractivity contribution in [3.63, 3.8) is 0 Å². The summed E-state index contributed by atoms with van der Waals surface area (Å²) in [6, 6.07) is 7.37. The van der Waals surface area contributed by atoms with Crippen molar-refractivity contribution >= 4 is 5.91 Å². The van der Waals surface area contributed by atoms with E-state index in [0.717, 1.165) is 5.56 Å². The van der Waals surface area contributed by atoms with Gasteiger partial charge in [-0.05, 0) is 26.0 Å². The van der Waals surface area contributed by atoms with Crippen LogP contribution in [-0.4, -0.2) is 16.9 Å². The molecule has 0 aliphatic carbocycles. The highest BCUT2D eigenvalue weighted by Crippen LogP contribution is 2.18. The molecule has 1 heterocycles. The molecule has 5 heteroatoms. The monoisotopic (exact) mass is 259 g/mol. The lowest BCUT2D eigenvalue weighted by molar-refractivity contribution is -0.122. The summed E-state index contributed by atoms with van der Waals surface area (Å²) in [4.78, 5) is 15.7. The Morgan fingerprint density at radius 1 is 1.42 bits per heavy atom. The molecule has 0 unspecified atom stereocenters. The van der Waals surface area contributed by atoms with Gasteiger partial charge in [-0.25, -0.2) is 4.98 Å². The predicted molar refractivity (Wildman–Crippen MR) is 72.2 cm³/mol. The second-order valence-electron chi connectivity index (χ2n) is 4.52. The van der Waals surface area contributed by atoms with Crippen LogP contribution in [0.15, 0.2) is 34.9 Å². The van der Waals surface area contributed by atoms with Crippen LogP contribution in [0.5, 0.6) is 0 Å². The molecular formula is C14H17N3O2. The van der Waals surface area contributed by atoms with Gasteiger partial charge in [0.15, 0.2) is 0 Å². The van der Waals surface area contributed by atoms with E-state index < -0.39 is 6.04 Å². The molecule has 0 saturated carbocycles. The van der Waals surface area contributed by atoms with Gasteiger partial charge in [0, 0.05) is 5.56 Å². The number of rotatable bonds is 4. The van der Waals surface area contributed by atoms with E-state index in [1.54, 1.807) is 6.92 Å². The second-order valence-corrected chi connectivity index (χ2v) is 4.52. The fourth-order valence-corrected chi connectivity index (χ4v) is 1.56. The minimum atomic E-state index is -0.525. The third-order valence-electron chi connectivity index (χ3n) is 2.71. The van der Waals surface area contributed by atoms with Gasteiger partial charge >= 0.3 is 0 Å². The molecule has 1 atom stereocenters. The molecule has 5 nitrogen and oxygen atoms in total. The van der Waals surface area contributed by atoms with Gasteiger partial charge in [-0.2, -0.15) is 0 Å². The van der Waals surface area contributed by atoms with Crippen molar-refractivity contribution in [3.05, 3.63) is 41.8 Å². The number of nitrogens with one attached hydrogen (secondary N) is 1. The Kier molecular flexibility index (Phi) is 3.97. The summed E-state index contributed by atoms with van der Waals surface area (Å²) in [5.41, 5.74) is 8.22. The first-order valence-corrected chi connectivity index (χ1v) is 6.11. The number of aryl methyl sites for hydroxylation is 1. The maximum absolute atomic E-state index is 11.3. The van der Waals surface area contributed by atoms with Gasteiger partial charge in [0.1, 0.15) is 6.26 Å². The minimum absolute atomic E-state index is 0.208. The molecule has 0 aliphatic rings. The van der Waals surface area contributed by atoms with E-state index in [2.05, 4.69) is 10.3 Å². The van der Waals surface area contributed by atoms with Crippen LogP contribution in [-0.2, 0) is 11.3 Å². The SMILES string of the molecule is Cc1ccc(-c2nc(CNC(=O)[C@@H](C)N)co2)cc1. The van der Waals surface area contributed by atoms with Crippen LogP contribution in [0.1, 0.15) is 18.2 Å². The maximum Gasteiger partial charge on any atom is 0.236 e. The molecular weight excluding hydrogens is 242 g/mol. The Balaban J connectivity index is 2.03. The summed E-state index contributed by atoms with van der Waals surface area (Å²) in [6.07, 6.45) is 1.54. The number of hydrogen-bond donors (Lipinski definition) is 2. The Bertz CT molecular complexity index is 558. The quantitative estimate of drug-likeness (QED) is 0.874. The average Bonchev–Trinajstić information content (AvgIpc) is 2.85. The topological polar surface area (TPSA) is 81.2 Å². The maximum atomic E-state index is 11.3. The molecule has 0 bridgehead atoms. The Hall–Kier alpha value is -2.14. The highest BCUT2D eigenvalue weighted by Gasteiger charge is 2.10. The summed E-state index contributed by atoms with van der Waals surface area (Å²) in [5, 5.41) is 2.69. The van der Waals surface area contributed by atoms with Gasteiger partial charge in [0.05, 0.1) is 18.3 Å². The minimum Gasteiger partial charge on any atom is -0.444 e. The smallest absolute Gasteiger partial charge is 0.236 e. The molecule has 0 saturated heterocycles. The molecule has 100 valence electrons. The molecule has 1 aromatic carbocycles. The molecule has 19 heavy (non-hydrogen) atoms. The Morgan fingerprint density at radius 2 is 2.11 bits per heavy atom. The molecule has 3 N–H and O–H groups in total. The first-order valence-electron chi connectivity index (χ1n) is 6.11. The van der Waals surface area contributed by atoms with E-state index in [1.165, 1.54) is 11.8 Å². The molecule has 2 rings (SSSR count). The molecule has 1 aromatic heterocycles. The Morgan fingerprint density at radius 3 is 2.74 bits per heavy atom. The molecule has 1 amide bonds. The number of oxazole rings is 1. The third-order valence-corrected chi connectivity index (χ3v) is 2.71. The number of amides is 1. The lowest BCUT2D eigenvalue weighted by Crippen LogP contribution is -2.37. The van der Waals surface area contributed by atoms with Crippen molar-refractivity contribution in [2.24, 2.45) is 5.73 Å². The van der Waals surface area contributed by atoms with Crippen molar-refractivity contribution in [2.75, 3.05) is 0 Å². The van der Waals surface area contributed by atoms with E-state index >= 15 is 0 Å². The number of nitrogens with zero attached hydrogens (tertiary/aromatic N) is 1. The van der Waals surface area contributed by atoms with E-state index in [1.807, 2.05) is 31.2 Å². The van der Waals surface area contributed by atoms with E-state index in [9.17, 15) is 4.79 Å². The van der Waals surface area contributed by atoms with Crippen LogP contribution in [0.3, 0.4) is 0 Å². The number of benzene rings is 1. The van der Waals surface area contributed by atoms with Gasteiger partial charge < -0.3 is 15.5 Å². The van der Waals surface area contributed by atoms with Crippen LogP contribution in [0, 0.1) is 6.92 Å². The number of carbonyl (C=O) groups excluding carboxylic acids is 1. The Labute approximate surface area is 111 Å². The number of nitrogens with two attached hydrogens (primary N) is 1. The van der Waals surface area contributed by atoms with Crippen LogP contribution in [0.4, 0.5) is 0 Å². The zero-order chi connectivity index (χ0) is 13.8. The largest absolute Gasteiger partial charge is 0.444 e. The van der Waals surface area contributed by atoms with Gasteiger partial charge in [-0.3, -0.25) is 4.79 Å². The highest BCUT2D eigenvalue weighted by atomic mass is 16.3. The fraction of sp³-hybridized carbons (Fsp3) is 0.286. The lowest BCUT2D eigenvalue weighted by Gasteiger charge is -2.04. The molecule has 0 radical (unpaired) electrons. The summed E-state index contributed by atoms with van der Waals surface area (Å²) in [6.45, 7) is 3.97. The second kappa shape index (κ2) is 5.67. The molecule has 2 aromatic rings. The van der Waals surface area contributed by atoms with Crippen molar-refractivity contribution < 1.29 is 9.21 Å². The van der Waals surface area contributed by atoms with Crippen LogP contribution < -0.4 is 11.1 Å². The van der Waals surface area contributed by atoms with Crippen molar-refractivity contribution in [1.29, 1.82) is 0 Å². The van der Waals surface area contributed by atoms with Gasteiger partial charge in [0.2, 0.25) is 11.8 Å². The predicted octanol–water partition coefficient (Wildman–Crippen LogP) is 1.61. The zero-order valence-electron chi connectivity index (χ0n) is 11.0. The number of aromatic nitrogens is 1. The molecule has 0 spiro atoms. The molecule has 0 fully saturated rings. The summed E-state index contributed by atoms with van der Waals surface area (Å²) in [7, 11) is 0. The van der Waals surface area contributed by atoms with E-state index in [0.29, 0.717) is 18.1 Å². The van der Waals surface area contributed by atoms with Gasteiger partial charge in [-0.15, -0.1) is 0 Å². The fourth-order valence-electron chi connectivity index (χ4n) is 1.56. The standard InChI is InChI=1S/C14H17N3O2/c1-9-3-5-11(6-4-9)14-17-12(8-19-14)7-16-13(18)10(2)15/h3-6,8,10H,7,15H2,1-2H3,(H,16,18)/t10-/m1/s1.